The number of guanidine groups is 1. The third-order valence-corrected chi connectivity index (χ3v) is 2.10. The molecule has 0 fully saturated rings. The van der Waals surface area contributed by atoms with E-state index in [2.05, 4.69) is 9.73 Å². The number of carbonyl (C=O) groups excluding carboxylic acids is 2. The van der Waals surface area contributed by atoms with E-state index in [0.717, 1.165) is 0 Å². The maximum Gasteiger partial charge on any atom is 0.306 e. The number of nitrogens with two attached hydrogens (primary N) is 4. The van der Waals surface area contributed by atoms with Crippen LogP contribution in [0.15, 0.2) is 4.99 Å². The van der Waals surface area contributed by atoms with Crippen molar-refractivity contribution in [2.75, 3.05) is 13.7 Å². The van der Waals surface area contributed by atoms with Crippen molar-refractivity contribution in [2.24, 2.45) is 27.9 Å². The number of aliphatic carboxylic acids is 1. The number of carbonyl (C=O) groups is 3. The summed E-state index contributed by atoms with van der Waals surface area (Å²) in [5.41, 5.74) is 20.4. The molecule has 1 atom stereocenters. The molecule has 0 aliphatic rings. The van der Waals surface area contributed by atoms with Crippen LogP contribution in [0.25, 0.3) is 0 Å². The highest BCUT2D eigenvalue weighted by Crippen LogP contribution is 1.93. The standard InChI is InChI=1S/C6H15N5O.C5H8O4/c7-4(5(8)12)2-1-3-11-6(9)10;1-9-5(8)3-2-4(6)7/h4H,1-3,7H2,(H2,8,12)(H4,9,10,11);2-3H2,1H3,(H,6,7)/t4-;/m0./s1. The lowest BCUT2D eigenvalue weighted by molar-refractivity contribution is -0.145. The van der Waals surface area contributed by atoms with E-state index in [-0.39, 0.29) is 18.8 Å². The zero-order valence-corrected chi connectivity index (χ0v) is 11.9. The van der Waals surface area contributed by atoms with Gasteiger partial charge >= 0.3 is 11.9 Å². The average Bonchev–Trinajstić information content (AvgIpc) is 2.40. The summed E-state index contributed by atoms with van der Waals surface area (Å²) in [5, 5.41) is 8.05. The lowest BCUT2D eigenvalue weighted by atomic mass is 10.1. The minimum atomic E-state index is -0.986. The fraction of sp³-hybridized carbons (Fsp3) is 0.636. The van der Waals surface area contributed by atoms with Crippen molar-refractivity contribution in [2.45, 2.75) is 31.7 Å². The smallest absolute Gasteiger partial charge is 0.306 e. The molecule has 10 heteroatoms. The number of hydrogen-bond acceptors (Lipinski definition) is 6. The number of rotatable bonds is 8. The van der Waals surface area contributed by atoms with E-state index < -0.39 is 23.9 Å². The zero-order valence-electron chi connectivity index (χ0n) is 11.9. The Morgan fingerprint density at radius 1 is 1.19 bits per heavy atom. The predicted molar refractivity (Wildman–Crippen MR) is 76.0 cm³/mol. The van der Waals surface area contributed by atoms with E-state index in [9.17, 15) is 14.4 Å². The van der Waals surface area contributed by atoms with Gasteiger partial charge in [-0.25, -0.2) is 0 Å². The highest BCUT2D eigenvalue weighted by atomic mass is 16.5. The number of amides is 1. The topological polar surface area (TPSA) is 197 Å². The largest absolute Gasteiger partial charge is 0.481 e. The van der Waals surface area contributed by atoms with Crippen LogP contribution in [0.1, 0.15) is 25.7 Å². The van der Waals surface area contributed by atoms with Gasteiger partial charge in [0.1, 0.15) is 0 Å². The number of aliphatic imine (C=N–C) groups is 1. The van der Waals surface area contributed by atoms with Crippen LogP contribution in [-0.4, -0.2) is 48.6 Å². The van der Waals surface area contributed by atoms with Gasteiger partial charge in [-0.1, -0.05) is 0 Å². The number of methoxy groups -OCH3 is 1. The van der Waals surface area contributed by atoms with Crippen LogP contribution >= 0.6 is 0 Å². The molecule has 0 saturated heterocycles. The molecule has 0 aromatic heterocycles. The number of carboxylic acid groups (broad SMARTS) is 1. The molecule has 0 aliphatic carbocycles. The summed E-state index contributed by atoms with van der Waals surface area (Å²) >= 11 is 0. The van der Waals surface area contributed by atoms with Gasteiger partial charge in [-0.3, -0.25) is 19.4 Å². The molecule has 21 heavy (non-hydrogen) atoms. The molecule has 0 unspecified atom stereocenters. The average molecular weight is 305 g/mol. The van der Waals surface area contributed by atoms with E-state index in [1.54, 1.807) is 0 Å². The van der Waals surface area contributed by atoms with E-state index in [0.29, 0.717) is 19.4 Å². The molecule has 0 bridgehead atoms. The zero-order chi connectivity index (χ0) is 16.8. The molecule has 0 heterocycles. The number of nitrogens with zero attached hydrogens (tertiary/aromatic N) is 1. The van der Waals surface area contributed by atoms with Crippen LogP contribution in [0, 0.1) is 0 Å². The molecule has 1 amide bonds. The summed E-state index contributed by atoms with van der Waals surface area (Å²) in [6.07, 6.45) is 0.951. The summed E-state index contributed by atoms with van der Waals surface area (Å²) in [6.45, 7) is 0.476. The lowest BCUT2D eigenvalue weighted by Gasteiger charge is -2.04. The highest BCUT2D eigenvalue weighted by Gasteiger charge is 2.07. The normalized spacial score (nSPS) is 10.6. The van der Waals surface area contributed by atoms with Crippen molar-refractivity contribution in [3.63, 3.8) is 0 Å². The van der Waals surface area contributed by atoms with Crippen LogP contribution in [0.2, 0.25) is 0 Å². The summed E-state index contributed by atoms with van der Waals surface area (Å²) in [4.78, 5) is 34.2. The third-order valence-electron chi connectivity index (χ3n) is 2.10. The van der Waals surface area contributed by atoms with Gasteiger partial charge in [-0.15, -0.1) is 0 Å². The molecule has 9 N–H and O–H groups in total. The first-order valence-electron chi connectivity index (χ1n) is 6.09. The fourth-order valence-electron chi connectivity index (χ4n) is 0.973. The number of carboxylic acids is 1. The Bertz CT molecular complexity index is 368. The van der Waals surface area contributed by atoms with E-state index >= 15 is 0 Å². The minimum Gasteiger partial charge on any atom is -0.481 e. The van der Waals surface area contributed by atoms with Gasteiger partial charge in [-0.05, 0) is 12.8 Å². The number of ether oxygens (including phenoxy) is 1. The Labute approximate surface area is 122 Å². The van der Waals surface area contributed by atoms with Crippen LogP contribution < -0.4 is 22.9 Å². The van der Waals surface area contributed by atoms with Crippen LogP contribution in [-0.2, 0) is 19.1 Å². The van der Waals surface area contributed by atoms with Crippen molar-refractivity contribution in [1.82, 2.24) is 0 Å². The molecule has 0 saturated carbocycles. The fourth-order valence-corrected chi connectivity index (χ4v) is 0.973. The van der Waals surface area contributed by atoms with Crippen LogP contribution in [0.5, 0.6) is 0 Å². The van der Waals surface area contributed by atoms with Gasteiger partial charge in [0.15, 0.2) is 5.96 Å². The van der Waals surface area contributed by atoms with E-state index in [4.69, 9.17) is 28.0 Å². The van der Waals surface area contributed by atoms with Crippen molar-refractivity contribution in [1.29, 1.82) is 0 Å². The minimum absolute atomic E-state index is 0.0441. The van der Waals surface area contributed by atoms with Gasteiger partial charge in [-0.2, -0.15) is 0 Å². The molecule has 0 spiro atoms. The first kappa shape index (κ1) is 20.9. The molecule has 0 rings (SSSR count). The second kappa shape index (κ2) is 12.7. The van der Waals surface area contributed by atoms with E-state index in [1.165, 1.54) is 7.11 Å². The summed E-state index contributed by atoms with van der Waals surface area (Å²) < 4.78 is 4.20. The van der Waals surface area contributed by atoms with Crippen LogP contribution in [0.4, 0.5) is 0 Å². The molecule has 10 nitrogen and oxygen atoms in total. The second-order valence-electron chi connectivity index (χ2n) is 3.93. The Morgan fingerprint density at radius 3 is 2.14 bits per heavy atom. The number of primary amides is 1. The first-order chi connectivity index (χ1) is 9.70. The molecule has 0 radical (unpaired) electrons. The van der Waals surface area contributed by atoms with Crippen LogP contribution in [0.3, 0.4) is 0 Å². The van der Waals surface area contributed by atoms with Gasteiger partial charge in [0.25, 0.3) is 0 Å². The van der Waals surface area contributed by atoms with E-state index in [1.807, 2.05) is 0 Å². The predicted octanol–water partition coefficient (Wildman–Crippen LogP) is -2.12. The highest BCUT2D eigenvalue weighted by molar-refractivity contribution is 5.79. The molecule has 122 valence electrons. The monoisotopic (exact) mass is 305 g/mol. The lowest BCUT2D eigenvalue weighted by Crippen LogP contribution is -2.36. The maximum absolute atomic E-state index is 10.4. The van der Waals surface area contributed by atoms with Gasteiger partial charge in [0, 0.05) is 6.54 Å². The molecule has 0 aromatic rings. The quantitative estimate of drug-likeness (QED) is 0.145. The van der Waals surface area contributed by atoms with Crippen molar-refractivity contribution in [3.05, 3.63) is 0 Å². The van der Waals surface area contributed by atoms with Gasteiger partial charge < -0.3 is 32.8 Å². The Balaban J connectivity index is 0. The molecule has 0 aliphatic heterocycles. The third kappa shape index (κ3) is 17.6. The summed E-state index contributed by atoms with van der Waals surface area (Å²) in [6, 6.07) is -0.598. The van der Waals surface area contributed by atoms with Crippen molar-refractivity contribution in [3.8, 4) is 0 Å². The maximum atomic E-state index is 10.4. The Hall–Kier alpha value is -2.36. The first-order valence-corrected chi connectivity index (χ1v) is 6.09. The molecule has 0 aromatic carbocycles. The molecular formula is C11H23N5O5. The van der Waals surface area contributed by atoms with Gasteiger partial charge in [0.05, 0.1) is 26.0 Å². The molecular weight excluding hydrogens is 282 g/mol. The van der Waals surface area contributed by atoms with Crippen molar-refractivity contribution < 1.29 is 24.2 Å². The summed E-state index contributed by atoms with van der Waals surface area (Å²) in [7, 11) is 1.23. The second-order valence-corrected chi connectivity index (χ2v) is 3.93. The number of hydrogen-bond donors (Lipinski definition) is 5. The van der Waals surface area contributed by atoms with Gasteiger partial charge in [0.2, 0.25) is 5.91 Å². The number of esters is 1. The summed E-state index contributed by atoms with van der Waals surface area (Å²) in [5.74, 6) is -1.93. The Morgan fingerprint density at radius 2 is 1.76 bits per heavy atom. The SMILES string of the molecule is COC(=O)CCC(=O)O.NC(=O)[C@@H](N)CCCN=C(N)N. The Kier molecular flexibility index (Phi) is 12.6. The van der Waals surface area contributed by atoms with Crippen molar-refractivity contribution >= 4 is 23.8 Å².